The highest BCUT2D eigenvalue weighted by atomic mass is 19.1. The summed E-state index contributed by atoms with van der Waals surface area (Å²) < 4.78 is 14.2. The van der Waals surface area contributed by atoms with Gasteiger partial charge in [-0.3, -0.25) is 4.79 Å². The Kier molecular flexibility index (Phi) is 5.12. The van der Waals surface area contributed by atoms with Crippen LogP contribution in [0.4, 0.5) is 10.1 Å². The van der Waals surface area contributed by atoms with Gasteiger partial charge in [0.25, 0.3) is 0 Å². The Labute approximate surface area is 155 Å². The van der Waals surface area contributed by atoms with Crippen LogP contribution in [0.5, 0.6) is 0 Å². The minimum absolute atomic E-state index is 0.382. The van der Waals surface area contributed by atoms with Crippen LogP contribution in [0.15, 0.2) is 53.5 Å². The number of nitrogens with one attached hydrogen (secondary N) is 1. The van der Waals surface area contributed by atoms with Crippen molar-refractivity contribution >= 4 is 11.6 Å². The van der Waals surface area contributed by atoms with Crippen molar-refractivity contribution < 1.29 is 9.18 Å². The van der Waals surface area contributed by atoms with Gasteiger partial charge in [-0.05, 0) is 44.5 Å². The Hall–Kier alpha value is -3.35. The number of carbonyl (C=O) groups is 1. The number of nitrogens with zero attached hydrogens (tertiary/aromatic N) is 3. The van der Waals surface area contributed by atoms with Gasteiger partial charge in [-0.15, -0.1) is 0 Å². The van der Waals surface area contributed by atoms with Crippen molar-refractivity contribution in [3.05, 3.63) is 76.1 Å². The number of halogens is 1. The molecule has 0 aliphatic rings. The number of hydrogen-bond acceptors (Lipinski definition) is 4. The molecular formula is C20H19FN4O2. The van der Waals surface area contributed by atoms with Crippen molar-refractivity contribution in [2.24, 2.45) is 0 Å². The minimum atomic E-state index is -0.874. The summed E-state index contributed by atoms with van der Waals surface area (Å²) in [6.45, 7) is 5.21. The van der Waals surface area contributed by atoms with Crippen molar-refractivity contribution in [2.75, 3.05) is 5.32 Å². The Morgan fingerprint density at radius 3 is 2.48 bits per heavy atom. The molecular weight excluding hydrogens is 347 g/mol. The van der Waals surface area contributed by atoms with E-state index in [4.69, 9.17) is 0 Å². The Morgan fingerprint density at radius 1 is 1.15 bits per heavy atom. The summed E-state index contributed by atoms with van der Waals surface area (Å²) in [5.74, 6) is -0.823. The second kappa shape index (κ2) is 7.49. The number of carbonyl (C=O) groups excluding carboxylic acids is 1. The molecule has 0 saturated heterocycles. The molecule has 1 N–H and O–H groups in total. The van der Waals surface area contributed by atoms with E-state index in [2.05, 4.69) is 15.4 Å². The molecule has 0 bridgehead atoms. The third-order valence-corrected chi connectivity index (χ3v) is 4.26. The zero-order valence-corrected chi connectivity index (χ0v) is 15.2. The van der Waals surface area contributed by atoms with Crippen LogP contribution in [-0.4, -0.2) is 20.7 Å². The van der Waals surface area contributed by atoms with Crippen LogP contribution in [0.3, 0.4) is 0 Å². The molecule has 27 heavy (non-hydrogen) atoms. The first-order chi connectivity index (χ1) is 12.8. The van der Waals surface area contributed by atoms with Crippen molar-refractivity contribution in [1.82, 2.24) is 14.8 Å². The molecule has 3 rings (SSSR count). The van der Waals surface area contributed by atoms with E-state index < -0.39 is 17.6 Å². The smallest absolute Gasteiger partial charge is 0.324 e. The fraction of sp³-hybridized carbons (Fsp3) is 0.200. The van der Waals surface area contributed by atoms with E-state index in [1.165, 1.54) is 24.4 Å². The van der Waals surface area contributed by atoms with E-state index in [1.807, 2.05) is 31.2 Å². The third kappa shape index (κ3) is 4.08. The average Bonchev–Trinajstić information content (AvgIpc) is 2.64. The van der Waals surface area contributed by atoms with E-state index in [0.717, 1.165) is 15.8 Å². The van der Waals surface area contributed by atoms with E-state index in [-0.39, 0.29) is 5.82 Å². The molecule has 0 aliphatic carbocycles. The molecule has 3 aromatic rings. The monoisotopic (exact) mass is 366 g/mol. The molecule has 1 unspecified atom stereocenters. The molecule has 1 aromatic heterocycles. The minimum Gasteiger partial charge on any atom is -0.324 e. The largest absolute Gasteiger partial charge is 0.365 e. The number of aromatic nitrogens is 3. The SMILES string of the molecule is Cc1ccc(-c2cnn(C(C)C(=O)Nc3ccc(F)cc3C)c(=O)n2)cc1. The van der Waals surface area contributed by atoms with Gasteiger partial charge >= 0.3 is 5.69 Å². The van der Waals surface area contributed by atoms with Crippen LogP contribution in [0.1, 0.15) is 24.1 Å². The fourth-order valence-corrected chi connectivity index (χ4v) is 2.59. The first kappa shape index (κ1) is 18.4. The van der Waals surface area contributed by atoms with Gasteiger partial charge in [-0.25, -0.2) is 13.9 Å². The molecule has 2 aromatic carbocycles. The summed E-state index contributed by atoms with van der Waals surface area (Å²) in [5.41, 5.74) is 2.76. The van der Waals surface area contributed by atoms with Crippen molar-refractivity contribution in [1.29, 1.82) is 0 Å². The molecule has 0 saturated carbocycles. The third-order valence-electron chi connectivity index (χ3n) is 4.26. The zero-order valence-electron chi connectivity index (χ0n) is 15.2. The van der Waals surface area contributed by atoms with Crippen molar-refractivity contribution in [2.45, 2.75) is 26.8 Å². The van der Waals surface area contributed by atoms with Crippen molar-refractivity contribution in [3.8, 4) is 11.3 Å². The molecule has 0 radical (unpaired) electrons. The maximum Gasteiger partial charge on any atom is 0.365 e. The highest BCUT2D eigenvalue weighted by Gasteiger charge is 2.19. The van der Waals surface area contributed by atoms with Crippen LogP contribution < -0.4 is 11.0 Å². The second-order valence-electron chi connectivity index (χ2n) is 6.36. The van der Waals surface area contributed by atoms with Gasteiger partial charge in [-0.1, -0.05) is 29.8 Å². The lowest BCUT2D eigenvalue weighted by Crippen LogP contribution is -2.35. The standard InChI is InChI=1S/C20H19FN4O2/c1-12-4-6-15(7-5-12)18-11-22-25(20(27)24-18)14(3)19(26)23-17-9-8-16(21)10-13(17)2/h4-11,14H,1-3H3,(H,23,26). The molecule has 1 atom stereocenters. The number of anilines is 1. The molecule has 1 amide bonds. The van der Waals surface area contributed by atoms with Gasteiger partial charge in [0, 0.05) is 11.3 Å². The predicted molar refractivity (Wildman–Crippen MR) is 101 cm³/mol. The molecule has 0 fully saturated rings. The lowest BCUT2D eigenvalue weighted by Gasteiger charge is -2.15. The van der Waals surface area contributed by atoms with Gasteiger partial charge in [0.2, 0.25) is 5.91 Å². The summed E-state index contributed by atoms with van der Waals surface area (Å²) in [6, 6.07) is 10.7. The maximum absolute atomic E-state index is 13.2. The summed E-state index contributed by atoms with van der Waals surface area (Å²) >= 11 is 0. The number of hydrogen-bond donors (Lipinski definition) is 1. The number of benzene rings is 2. The molecule has 138 valence electrons. The second-order valence-corrected chi connectivity index (χ2v) is 6.36. The Bertz CT molecular complexity index is 1040. The van der Waals surface area contributed by atoms with Crippen LogP contribution in [0, 0.1) is 19.7 Å². The summed E-state index contributed by atoms with van der Waals surface area (Å²) in [7, 11) is 0. The van der Waals surface area contributed by atoms with Gasteiger partial charge < -0.3 is 5.32 Å². The van der Waals surface area contributed by atoms with Crippen molar-refractivity contribution in [3.63, 3.8) is 0 Å². The summed E-state index contributed by atoms with van der Waals surface area (Å²) in [6.07, 6.45) is 1.46. The lowest BCUT2D eigenvalue weighted by atomic mass is 10.1. The van der Waals surface area contributed by atoms with E-state index >= 15 is 0 Å². The first-order valence-electron chi connectivity index (χ1n) is 8.45. The van der Waals surface area contributed by atoms with E-state index in [9.17, 15) is 14.0 Å². The summed E-state index contributed by atoms with van der Waals surface area (Å²) in [5, 5.41) is 6.78. The predicted octanol–water partition coefficient (Wildman–Crippen LogP) is 3.26. The molecule has 7 heteroatoms. The van der Waals surface area contributed by atoms with Gasteiger partial charge in [0.15, 0.2) is 0 Å². The summed E-state index contributed by atoms with van der Waals surface area (Å²) in [4.78, 5) is 28.8. The van der Waals surface area contributed by atoms with Crippen LogP contribution in [-0.2, 0) is 4.79 Å². The molecule has 1 heterocycles. The van der Waals surface area contributed by atoms with Gasteiger partial charge in [0.1, 0.15) is 11.9 Å². The fourth-order valence-electron chi connectivity index (χ4n) is 2.59. The highest BCUT2D eigenvalue weighted by Crippen LogP contribution is 2.18. The zero-order chi connectivity index (χ0) is 19.6. The molecule has 6 nitrogen and oxygen atoms in total. The first-order valence-corrected chi connectivity index (χ1v) is 8.45. The molecule has 0 spiro atoms. The van der Waals surface area contributed by atoms with Crippen LogP contribution >= 0.6 is 0 Å². The van der Waals surface area contributed by atoms with Crippen LogP contribution in [0.25, 0.3) is 11.3 Å². The highest BCUT2D eigenvalue weighted by molar-refractivity contribution is 5.94. The Morgan fingerprint density at radius 2 is 1.85 bits per heavy atom. The van der Waals surface area contributed by atoms with Crippen LogP contribution in [0.2, 0.25) is 0 Å². The lowest BCUT2D eigenvalue weighted by molar-refractivity contribution is -0.119. The van der Waals surface area contributed by atoms with Gasteiger partial charge in [-0.2, -0.15) is 10.1 Å². The Balaban J connectivity index is 1.81. The maximum atomic E-state index is 13.2. The number of amides is 1. The number of aryl methyl sites for hydroxylation is 2. The topological polar surface area (TPSA) is 76.9 Å². The van der Waals surface area contributed by atoms with Gasteiger partial charge in [0.05, 0.1) is 11.9 Å². The normalized spacial score (nSPS) is 11.9. The molecule has 0 aliphatic heterocycles. The van der Waals surface area contributed by atoms with E-state index in [1.54, 1.807) is 13.8 Å². The van der Waals surface area contributed by atoms with E-state index in [0.29, 0.717) is 16.9 Å². The average molecular weight is 366 g/mol. The number of rotatable bonds is 4. The quantitative estimate of drug-likeness (QED) is 0.769.